The monoisotopic (exact) mass is 181 g/mol. The number of nitrogens with zero attached hydrogens (tertiary/aromatic N) is 1. The Morgan fingerprint density at radius 3 is 2.67 bits per heavy atom. The number of esters is 1. The quantitative estimate of drug-likeness (QED) is 0.571. The molecule has 1 rings (SSSR count). The van der Waals surface area contributed by atoms with E-state index in [9.17, 15) is 18.0 Å². The summed E-state index contributed by atoms with van der Waals surface area (Å²) in [6, 6.07) is -0.966. The Morgan fingerprint density at radius 2 is 2.25 bits per heavy atom. The van der Waals surface area contributed by atoms with Gasteiger partial charge in [-0.2, -0.15) is 0 Å². The summed E-state index contributed by atoms with van der Waals surface area (Å²) in [6.07, 6.45) is -2.65. The third-order valence-corrected chi connectivity index (χ3v) is 1.34. The highest BCUT2D eigenvalue weighted by Gasteiger charge is 2.37. The maximum absolute atomic E-state index is 11.5. The summed E-state index contributed by atoms with van der Waals surface area (Å²) in [5, 5.41) is 0. The van der Waals surface area contributed by atoms with Gasteiger partial charge < -0.3 is 4.74 Å². The summed E-state index contributed by atoms with van der Waals surface area (Å²) in [6.45, 7) is 0. The molecule has 1 atom stereocenters. The van der Waals surface area contributed by atoms with E-state index in [1.165, 1.54) is 6.21 Å². The van der Waals surface area contributed by atoms with Gasteiger partial charge in [-0.25, -0.2) is 4.79 Å². The van der Waals surface area contributed by atoms with E-state index >= 15 is 0 Å². The van der Waals surface area contributed by atoms with Crippen LogP contribution in [0.4, 0.5) is 13.2 Å². The van der Waals surface area contributed by atoms with Crippen LogP contribution in [0.1, 0.15) is 12.8 Å². The molecule has 1 unspecified atom stereocenters. The first kappa shape index (κ1) is 9.02. The Kier molecular flexibility index (Phi) is 2.35. The van der Waals surface area contributed by atoms with Gasteiger partial charge in [0.25, 0.3) is 0 Å². The number of halogens is 3. The van der Waals surface area contributed by atoms with Gasteiger partial charge in [0.15, 0.2) is 0 Å². The summed E-state index contributed by atoms with van der Waals surface area (Å²) in [5.41, 5.74) is 0. The third-order valence-electron chi connectivity index (χ3n) is 1.34. The second kappa shape index (κ2) is 3.12. The van der Waals surface area contributed by atoms with Crippen molar-refractivity contribution in [3.05, 3.63) is 0 Å². The molecule has 12 heavy (non-hydrogen) atoms. The van der Waals surface area contributed by atoms with Crippen molar-refractivity contribution in [1.82, 2.24) is 0 Å². The van der Waals surface area contributed by atoms with E-state index in [-0.39, 0.29) is 0 Å². The van der Waals surface area contributed by atoms with Crippen LogP contribution in [0, 0.1) is 0 Å². The maximum atomic E-state index is 11.5. The zero-order valence-corrected chi connectivity index (χ0v) is 5.97. The van der Waals surface area contributed by atoms with Gasteiger partial charge in [0.1, 0.15) is 6.04 Å². The average molecular weight is 181 g/mol. The number of aliphatic imine (C=N–C) groups is 1. The zero-order chi connectivity index (χ0) is 9.19. The summed E-state index contributed by atoms with van der Waals surface area (Å²) in [5.74, 6) is -1.32. The normalized spacial score (nSPS) is 22.8. The molecule has 0 radical (unpaired) electrons. The molecule has 0 aliphatic carbocycles. The van der Waals surface area contributed by atoms with E-state index < -0.39 is 18.4 Å². The van der Waals surface area contributed by atoms with Crippen LogP contribution in [-0.4, -0.2) is 24.6 Å². The highest BCUT2D eigenvalue weighted by atomic mass is 19.4. The van der Waals surface area contributed by atoms with Crippen molar-refractivity contribution in [2.45, 2.75) is 25.2 Å². The molecule has 68 valence electrons. The minimum atomic E-state index is -4.89. The van der Waals surface area contributed by atoms with E-state index in [1.807, 2.05) is 0 Å². The number of rotatable bonds is 1. The van der Waals surface area contributed by atoms with Gasteiger partial charge in [0.2, 0.25) is 0 Å². The van der Waals surface area contributed by atoms with Crippen molar-refractivity contribution in [2.75, 3.05) is 0 Å². The Bertz CT molecular complexity index is 211. The van der Waals surface area contributed by atoms with Crippen LogP contribution >= 0.6 is 0 Å². The SMILES string of the molecule is O=C(OC(F)(F)F)C1CCC=N1. The standard InChI is InChI=1S/C6H6F3NO2/c7-6(8,9)12-5(11)4-2-1-3-10-4/h3-4H,1-2H2. The Balaban J connectivity index is 2.43. The molecule has 0 spiro atoms. The van der Waals surface area contributed by atoms with E-state index in [0.717, 1.165) is 0 Å². The van der Waals surface area contributed by atoms with Crippen LogP contribution < -0.4 is 0 Å². The largest absolute Gasteiger partial charge is 0.575 e. The highest BCUT2D eigenvalue weighted by Crippen LogP contribution is 2.20. The number of hydrogen-bond acceptors (Lipinski definition) is 3. The van der Waals surface area contributed by atoms with Crippen LogP contribution in [0.5, 0.6) is 0 Å². The number of ether oxygens (including phenoxy) is 1. The molecule has 0 aromatic heterocycles. The minimum Gasteiger partial charge on any atom is -0.371 e. The molecular formula is C6H6F3NO2. The molecule has 0 aromatic carbocycles. The number of carbonyl (C=O) groups is 1. The van der Waals surface area contributed by atoms with Gasteiger partial charge in [0.05, 0.1) is 0 Å². The summed E-state index contributed by atoms with van der Waals surface area (Å²) >= 11 is 0. The number of alkyl halides is 3. The fourth-order valence-electron chi connectivity index (χ4n) is 0.870. The molecule has 0 aromatic rings. The van der Waals surface area contributed by atoms with Gasteiger partial charge in [-0.1, -0.05) is 0 Å². The Hall–Kier alpha value is -1.07. The van der Waals surface area contributed by atoms with E-state index in [1.54, 1.807) is 0 Å². The molecule has 0 amide bonds. The van der Waals surface area contributed by atoms with Crippen molar-refractivity contribution in [2.24, 2.45) is 4.99 Å². The number of carbonyl (C=O) groups excluding carboxylic acids is 1. The van der Waals surface area contributed by atoms with Crippen molar-refractivity contribution in [3.8, 4) is 0 Å². The predicted molar refractivity (Wildman–Crippen MR) is 33.7 cm³/mol. The average Bonchev–Trinajstić information content (AvgIpc) is 2.32. The van der Waals surface area contributed by atoms with Crippen LogP contribution in [0.15, 0.2) is 4.99 Å². The first-order valence-corrected chi connectivity index (χ1v) is 3.30. The van der Waals surface area contributed by atoms with Crippen LogP contribution in [0.3, 0.4) is 0 Å². The molecule has 1 aliphatic heterocycles. The Labute approximate surface area is 66.2 Å². The lowest BCUT2D eigenvalue weighted by Crippen LogP contribution is -2.26. The maximum Gasteiger partial charge on any atom is 0.575 e. The molecule has 1 aliphatic rings. The molecule has 0 saturated heterocycles. The first-order valence-electron chi connectivity index (χ1n) is 3.30. The molecule has 0 N–H and O–H groups in total. The molecular weight excluding hydrogens is 175 g/mol. The van der Waals surface area contributed by atoms with Crippen molar-refractivity contribution >= 4 is 12.2 Å². The second-order valence-corrected chi connectivity index (χ2v) is 2.29. The molecule has 0 fully saturated rings. The van der Waals surface area contributed by atoms with Crippen molar-refractivity contribution in [3.63, 3.8) is 0 Å². The Morgan fingerprint density at radius 1 is 1.58 bits per heavy atom. The van der Waals surface area contributed by atoms with E-state index in [0.29, 0.717) is 12.8 Å². The fraction of sp³-hybridized carbons (Fsp3) is 0.667. The van der Waals surface area contributed by atoms with Gasteiger partial charge in [-0.3, -0.25) is 4.99 Å². The fourth-order valence-corrected chi connectivity index (χ4v) is 0.870. The van der Waals surface area contributed by atoms with Gasteiger partial charge in [-0.15, -0.1) is 13.2 Å². The lowest BCUT2D eigenvalue weighted by Gasteiger charge is -2.09. The van der Waals surface area contributed by atoms with Gasteiger partial charge >= 0.3 is 12.3 Å². The molecule has 0 saturated carbocycles. The zero-order valence-electron chi connectivity index (χ0n) is 5.97. The molecule has 3 nitrogen and oxygen atoms in total. The van der Waals surface area contributed by atoms with E-state index in [2.05, 4.69) is 9.73 Å². The van der Waals surface area contributed by atoms with Crippen LogP contribution in [0.2, 0.25) is 0 Å². The topological polar surface area (TPSA) is 38.7 Å². The molecule has 1 heterocycles. The minimum absolute atomic E-state index is 0.301. The van der Waals surface area contributed by atoms with Crippen LogP contribution in [0.25, 0.3) is 0 Å². The lowest BCUT2D eigenvalue weighted by molar-refractivity contribution is -0.306. The summed E-state index contributed by atoms with van der Waals surface area (Å²) in [7, 11) is 0. The van der Waals surface area contributed by atoms with Gasteiger partial charge in [-0.05, 0) is 19.1 Å². The van der Waals surface area contributed by atoms with E-state index in [4.69, 9.17) is 0 Å². The second-order valence-electron chi connectivity index (χ2n) is 2.29. The predicted octanol–water partition coefficient (Wildman–Crippen LogP) is 1.28. The summed E-state index contributed by atoms with van der Waals surface area (Å²) in [4.78, 5) is 14.1. The van der Waals surface area contributed by atoms with Crippen molar-refractivity contribution < 1.29 is 22.7 Å². The molecule has 6 heteroatoms. The smallest absolute Gasteiger partial charge is 0.371 e. The first-order chi connectivity index (χ1) is 5.49. The molecule has 0 bridgehead atoms. The van der Waals surface area contributed by atoms with Gasteiger partial charge in [0, 0.05) is 0 Å². The van der Waals surface area contributed by atoms with Crippen LogP contribution in [-0.2, 0) is 9.53 Å². The van der Waals surface area contributed by atoms with Crippen molar-refractivity contribution in [1.29, 1.82) is 0 Å². The highest BCUT2D eigenvalue weighted by molar-refractivity contribution is 5.80. The number of hydrogen-bond donors (Lipinski definition) is 0. The lowest BCUT2D eigenvalue weighted by atomic mass is 10.2. The third kappa shape index (κ3) is 2.52. The summed E-state index contributed by atoms with van der Waals surface area (Å²) < 4.78 is 37.6.